The van der Waals surface area contributed by atoms with E-state index in [0.717, 1.165) is 16.6 Å². The monoisotopic (exact) mass is 176 g/mol. The molecule has 0 saturated carbocycles. The van der Waals surface area contributed by atoms with Crippen molar-refractivity contribution in [1.82, 2.24) is 9.78 Å². The van der Waals surface area contributed by atoms with Crippen LogP contribution in [0.2, 0.25) is 0 Å². The van der Waals surface area contributed by atoms with Crippen molar-refractivity contribution in [2.24, 2.45) is 7.05 Å². The molecule has 0 unspecified atom stereocenters. The fourth-order valence-corrected chi connectivity index (χ4v) is 1.55. The molecule has 0 aliphatic rings. The van der Waals surface area contributed by atoms with Crippen LogP contribution in [0, 0.1) is 6.92 Å². The van der Waals surface area contributed by atoms with Crippen molar-refractivity contribution in [2.45, 2.75) is 13.5 Å². The van der Waals surface area contributed by atoms with Crippen LogP contribution in [0.25, 0.3) is 10.9 Å². The van der Waals surface area contributed by atoms with E-state index in [1.807, 2.05) is 32.2 Å². The Hall–Kier alpha value is -1.35. The highest BCUT2D eigenvalue weighted by atomic mass is 16.3. The summed E-state index contributed by atoms with van der Waals surface area (Å²) in [5.74, 6) is 0. The molecule has 13 heavy (non-hydrogen) atoms. The highest BCUT2D eigenvalue weighted by Crippen LogP contribution is 2.18. The lowest BCUT2D eigenvalue weighted by Gasteiger charge is -1.96. The molecular weight excluding hydrogens is 164 g/mol. The molecule has 0 saturated heterocycles. The first-order valence-corrected chi connectivity index (χ1v) is 4.25. The minimum absolute atomic E-state index is 0.0381. The van der Waals surface area contributed by atoms with Crippen LogP contribution in [0.4, 0.5) is 0 Å². The van der Waals surface area contributed by atoms with E-state index < -0.39 is 0 Å². The van der Waals surface area contributed by atoms with Gasteiger partial charge < -0.3 is 5.11 Å². The molecule has 0 bridgehead atoms. The van der Waals surface area contributed by atoms with Crippen molar-refractivity contribution in [2.75, 3.05) is 0 Å². The molecule has 1 aromatic carbocycles. The number of rotatable bonds is 1. The fourth-order valence-electron chi connectivity index (χ4n) is 1.55. The van der Waals surface area contributed by atoms with Gasteiger partial charge in [0.25, 0.3) is 0 Å². The number of aliphatic hydroxyl groups is 1. The van der Waals surface area contributed by atoms with Crippen molar-refractivity contribution in [3.63, 3.8) is 0 Å². The molecule has 0 spiro atoms. The van der Waals surface area contributed by atoms with E-state index >= 15 is 0 Å². The van der Waals surface area contributed by atoms with Gasteiger partial charge in [-0.05, 0) is 19.1 Å². The summed E-state index contributed by atoms with van der Waals surface area (Å²) in [7, 11) is 1.85. The number of hydrogen-bond acceptors (Lipinski definition) is 2. The van der Waals surface area contributed by atoms with Crippen molar-refractivity contribution in [1.29, 1.82) is 0 Å². The molecule has 2 aromatic rings. The average molecular weight is 176 g/mol. The van der Waals surface area contributed by atoms with E-state index in [0.29, 0.717) is 0 Å². The first-order valence-electron chi connectivity index (χ1n) is 4.25. The van der Waals surface area contributed by atoms with E-state index in [4.69, 9.17) is 5.11 Å². The van der Waals surface area contributed by atoms with Gasteiger partial charge in [0.2, 0.25) is 0 Å². The summed E-state index contributed by atoms with van der Waals surface area (Å²) in [5.41, 5.74) is 3.01. The third-order valence-corrected chi connectivity index (χ3v) is 2.26. The van der Waals surface area contributed by atoms with Gasteiger partial charge in [0.15, 0.2) is 0 Å². The predicted octanol–water partition coefficient (Wildman–Crippen LogP) is 1.37. The molecule has 1 N–H and O–H groups in total. The second kappa shape index (κ2) is 2.85. The minimum Gasteiger partial charge on any atom is -0.390 e. The third-order valence-electron chi connectivity index (χ3n) is 2.26. The van der Waals surface area contributed by atoms with E-state index in [1.165, 1.54) is 5.56 Å². The molecule has 0 atom stereocenters. The molecule has 2 rings (SSSR count). The molecule has 0 radical (unpaired) electrons. The molecular formula is C10H12N2O. The lowest BCUT2D eigenvalue weighted by atomic mass is 10.1. The van der Waals surface area contributed by atoms with E-state index in [-0.39, 0.29) is 6.61 Å². The lowest BCUT2D eigenvalue weighted by Crippen LogP contribution is -1.97. The second-order valence-corrected chi connectivity index (χ2v) is 3.25. The smallest absolute Gasteiger partial charge is 0.0927 e. The molecule has 0 aliphatic carbocycles. The zero-order chi connectivity index (χ0) is 9.42. The van der Waals surface area contributed by atoms with Crippen molar-refractivity contribution >= 4 is 10.9 Å². The normalized spacial score (nSPS) is 11.0. The first kappa shape index (κ1) is 8.26. The van der Waals surface area contributed by atoms with E-state index in [1.54, 1.807) is 4.68 Å². The Labute approximate surface area is 76.6 Å². The number of hydrogen-bond donors (Lipinski definition) is 1. The fraction of sp³-hybridized carbons (Fsp3) is 0.300. The van der Waals surface area contributed by atoms with Crippen molar-refractivity contribution in [3.05, 3.63) is 29.5 Å². The molecule has 0 fully saturated rings. The van der Waals surface area contributed by atoms with Gasteiger partial charge in [0.05, 0.1) is 17.8 Å². The maximum absolute atomic E-state index is 9.14. The number of aromatic nitrogens is 2. The zero-order valence-electron chi connectivity index (χ0n) is 7.78. The maximum Gasteiger partial charge on any atom is 0.0927 e. The summed E-state index contributed by atoms with van der Waals surface area (Å²) in [6.45, 7) is 2.07. The van der Waals surface area contributed by atoms with Gasteiger partial charge in [-0.2, -0.15) is 5.10 Å². The Bertz CT molecular complexity index is 445. The summed E-state index contributed by atoms with van der Waals surface area (Å²) >= 11 is 0. The van der Waals surface area contributed by atoms with Gasteiger partial charge in [0.1, 0.15) is 0 Å². The van der Waals surface area contributed by atoms with Gasteiger partial charge in [0, 0.05) is 12.4 Å². The Balaban J connectivity index is 2.80. The SMILES string of the molecule is Cc1ccc2nn(C)c(CO)c2c1. The van der Waals surface area contributed by atoms with Crippen molar-refractivity contribution < 1.29 is 5.11 Å². The number of fused-ring (bicyclic) bond motifs is 1. The molecule has 3 heteroatoms. The van der Waals surface area contributed by atoms with Crippen LogP contribution >= 0.6 is 0 Å². The molecule has 1 heterocycles. The largest absolute Gasteiger partial charge is 0.390 e. The predicted molar refractivity (Wildman–Crippen MR) is 51.4 cm³/mol. The lowest BCUT2D eigenvalue weighted by molar-refractivity contribution is 0.272. The molecule has 3 nitrogen and oxygen atoms in total. The molecule has 0 amide bonds. The van der Waals surface area contributed by atoms with Crippen LogP contribution in [0.1, 0.15) is 11.3 Å². The Morgan fingerprint density at radius 2 is 2.23 bits per heavy atom. The number of aryl methyl sites for hydroxylation is 2. The van der Waals surface area contributed by atoms with Gasteiger partial charge in [-0.25, -0.2) is 0 Å². The number of benzene rings is 1. The van der Waals surface area contributed by atoms with E-state index in [9.17, 15) is 0 Å². The van der Waals surface area contributed by atoms with Crippen LogP contribution < -0.4 is 0 Å². The summed E-state index contributed by atoms with van der Waals surface area (Å²) in [4.78, 5) is 0. The molecule has 0 aliphatic heterocycles. The summed E-state index contributed by atoms with van der Waals surface area (Å²) < 4.78 is 1.73. The minimum atomic E-state index is 0.0381. The Morgan fingerprint density at radius 3 is 2.92 bits per heavy atom. The summed E-state index contributed by atoms with van der Waals surface area (Å²) in [6.07, 6.45) is 0. The quantitative estimate of drug-likeness (QED) is 0.712. The average Bonchev–Trinajstić information content (AvgIpc) is 2.40. The number of aliphatic hydroxyl groups excluding tert-OH is 1. The first-order chi connectivity index (χ1) is 6.22. The van der Waals surface area contributed by atoms with E-state index in [2.05, 4.69) is 5.10 Å². The maximum atomic E-state index is 9.14. The van der Waals surface area contributed by atoms with Crippen LogP contribution in [0.3, 0.4) is 0 Å². The zero-order valence-corrected chi connectivity index (χ0v) is 7.78. The second-order valence-electron chi connectivity index (χ2n) is 3.25. The van der Waals surface area contributed by atoms with Gasteiger partial charge in [-0.1, -0.05) is 11.6 Å². The topological polar surface area (TPSA) is 38.0 Å². The highest BCUT2D eigenvalue weighted by Gasteiger charge is 2.06. The standard InChI is InChI=1S/C10H12N2O/c1-7-3-4-9-8(5-7)10(6-13)12(2)11-9/h3-5,13H,6H2,1-2H3. The van der Waals surface area contributed by atoms with Crippen molar-refractivity contribution in [3.8, 4) is 0 Å². The summed E-state index contributed by atoms with van der Waals surface area (Å²) in [6, 6.07) is 6.05. The summed E-state index contributed by atoms with van der Waals surface area (Å²) in [5, 5.41) is 14.5. The molecule has 68 valence electrons. The van der Waals surface area contributed by atoms with Gasteiger partial charge in [-0.3, -0.25) is 4.68 Å². The number of nitrogens with zero attached hydrogens (tertiary/aromatic N) is 2. The molecule has 1 aromatic heterocycles. The van der Waals surface area contributed by atoms with Crippen LogP contribution in [0.5, 0.6) is 0 Å². The van der Waals surface area contributed by atoms with Crippen LogP contribution in [0.15, 0.2) is 18.2 Å². The van der Waals surface area contributed by atoms with Crippen LogP contribution in [-0.2, 0) is 13.7 Å². The highest BCUT2D eigenvalue weighted by molar-refractivity contribution is 5.82. The Morgan fingerprint density at radius 1 is 1.46 bits per heavy atom. The van der Waals surface area contributed by atoms with Gasteiger partial charge in [-0.15, -0.1) is 0 Å². The van der Waals surface area contributed by atoms with Crippen LogP contribution in [-0.4, -0.2) is 14.9 Å². The Kier molecular flexibility index (Phi) is 1.81. The van der Waals surface area contributed by atoms with Gasteiger partial charge >= 0.3 is 0 Å². The third kappa shape index (κ3) is 1.21.